The Morgan fingerprint density at radius 3 is 2.44 bits per heavy atom. The van der Waals surface area contributed by atoms with Gasteiger partial charge < -0.3 is 5.32 Å². The molecule has 0 bridgehead atoms. The van der Waals surface area contributed by atoms with Crippen LogP contribution < -0.4 is 5.32 Å². The van der Waals surface area contributed by atoms with Gasteiger partial charge in [-0.3, -0.25) is 19.8 Å². The summed E-state index contributed by atoms with van der Waals surface area (Å²) in [7, 11) is 0. The second-order valence-corrected chi connectivity index (χ2v) is 8.11. The van der Waals surface area contributed by atoms with E-state index < -0.39 is 4.92 Å². The number of hydrogen-bond donors (Lipinski definition) is 1. The van der Waals surface area contributed by atoms with E-state index in [1.54, 1.807) is 24.4 Å². The molecule has 32 heavy (non-hydrogen) atoms. The second kappa shape index (κ2) is 10.2. The van der Waals surface area contributed by atoms with Crippen LogP contribution in [0.2, 0.25) is 0 Å². The Labute approximate surface area is 187 Å². The van der Waals surface area contributed by atoms with Crippen LogP contribution in [0.15, 0.2) is 60.8 Å². The van der Waals surface area contributed by atoms with Crippen molar-refractivity contribution >= 4 is 11.6 Å². The summed E-state index contributed by atoms with van der Waals surface area (Å²) in [5.74, 6) is -0.289. The fraction of sp³-hybridized carbons (Fsp3) is 0.333. The van der Waals surface area contributed by atoms with Crippen LogP contribution in [0.3, 0.4) is 0 Å². The van der Waals surface area contributed by atoms with Crippen molar-refractivity contribution in [2.45, 2.75) is 38.8 Å². The van der Waals surface area contributed by atoms with Crippen molar-refractivity contribution in [2.24, 2.45) is 0 Å². The first kappa shape index (κ1) is 21.7. The molecular weight excluding hydrogens is 406 g/mol. The first-order valence-electron chi connectivity index (χ1n) is 11.0. The Bertz CT molecular complexity index is 1070. The minimum absolute atomic E-state index is 0.0247. The van der Waals surface area contributed by atoms with Gasteiger partial charge in [0.05, 0.1) is 10.6 Å². The van der Waals surface area contributed by atoms with Crippen LogP contribution in [0, 0.1) is 10.1 Å². The highest BCUT2D eigenvalue weighted by Crippen LogP contribution is 2.17. The molecule has 0 saturated carbocycles. The summed E-state index contributed by atoms with van der Waals surface area (Å²) in [6.45, 7) is 3.72. The molecule has 3 aromatic rings. The number of hydrogen-bond acceptors (Lipinski definition) is 5. The van der Waals surface area contributed by atoms with Crippen molar-refractivity contribution in [2.75, 3.05) is 13.1 Å². The summed E-state index contributed by atoms with van der Waals surface area (Å²) in [5.41, 5.74) is 3.07. The van der Waals surface area contributed by atoms with E-state index in [-0.39, 0.29) is 17.3 Å². The first-order valence-corrected chi connectivity index (χ1v) is 11.0. The molecule has 1 saturated heterocycles. The Kier molecular flexibility index (Phi) is 6.91. The monoisotopic (exact) mass is 433 g/mol. The predicted octanol–water partition coefficient (Wildman–Crippen LogP) is 4.09. The maximum absolute atomic E-state index is 12.5. The standard InChI is InChI=1S/C24H27N5O3/c30-24(23-12-15-28(26-23)21-6-5-7-22(16-21)29(31)32)25-17-19-8-10-20(11-9-19)18-27-13-3-1-2-4-14-27/h5-12,15-16H,1-4,13-14,17-18H2,(H,25,30). The lowest BCUT2D eigenvalue weighted by atomic mass is 10.1. The Morgan fingerprint density at radius 1 is 1.00 bits per heavy atom. The number of rotatable bonds is 7. The van der Waals surface area contributed by atoms with Gasteiger partial charge in [0.2, 0.25) is 0 Å². The summed E-state index contributed by atoms with van der Waals surface area (Å²) in [6.07, 6.45) is 6.84. The van der Waals surface area contributed by atoms with Crippen molar-refractivity contribution in [1.29, 1.82) is 0 Å². The maximum atomic E-state index is 12.5. The van der Waals surface area contributed by atoms with Crippen molar-refractivity contribution in [3.05, 3.63) is 87.7 Å². The molecule has 2 heterocycles. The first-order chi connectivity index (χ1) is 15.6. The summed E-state index contributed by atoms with van der Waals surface area (Å²) >= 11 is 0. The Balaban J connectivity index is 1.32. The van der Waals surface area contributed by atoms with Crippen molar-refractivity contribution in [1.82, 2.24) is 20.0 Å². The van der Waals surface area contributed by atoms with Gasteiger partial charge in [-0.25, -0.2) is 4.68 Å². The number of nitro benzene ring substituents is 1. The highest BCUT2D eigenvalue weighted by atomic mass is 16.6. The molecule has 8 nitrogen and oxygen atoms in total. The molecule has 1 fully saturated rings. The van der Waals surface area contributed by atoms with E-state index in [1.165, 1.54) is 61.2 Å². The molecule has 8 heteroatoms. The van der Waals surface area contributed by atoms with Crippen LogP contribution in [0.1, 0.15) is 47.3 Å². The van der Waals surface area contributed by atoms with Crippen LogP contribution in [-0.2, 0) is 13.1 Å². The van der Waals surface area contributed by atoms with Crippen LogP contribution in [0.25, 0.3) is 5.69 Å². The maximum Gasteiger partial charge on any atom is 0.272 e. The largest absolute Gasteiger partial charge is 0.347 e. The van der Waals surface area contributed by atoms with Gasteiger partial charge in [-0.2, -0.15) is 5.10 Å². The normalized spacial score (nSPS) is 14.6. The zero-order valence-corrected chi connectivity index (χ0v) is 17.9. The number of non-ortho nitro benzene ring substituents is 1. The molecule has 2 aromatic carbocycles. The van der Waals surface area contributed by atoms with Crippen LogP contribution in [0.4, 0.5) is 5.69 Å². The second-order valence-electron chi connectivity index (χ2n) is 8.11. The number of aromatic nitrogens is 2. The van der Waals surface area contributed by atoms with Crippen molar-refractivity contribution in [3.63, 3.8) is 0 Å². The molecule has 1 N–H and O–H groups in total. The predicted molar refractivity (Wildman–Crippen MR) is 122 cm³/mol. The summed E-state index contributed by atoms with van der Waals surface area (Å²) < 4.78 is 1.46. The molecule has 166 valence electrons. The molecule has 0 unspecified atom stereocenters. The molecule has 0 atom stereocenters. The quantitative estimate of drug-likeness (QED) is 0.448. The lowest BCUT2D eigenvalue weighted by Crippen LogP contribution is -2.24. The third-order valence-electron chi connectivity index (χ3n) is 5.71. The number of benzene rings is 2. The van der Waals surface area contributed by atoms with Gasteiger partial charge >= 0.3 is 0 Å². The lowest BCUT2D eigenvalue weighted by molar-refractivity contribution is -0.384. The molecule has 1 aliphatic heterocycles. The zero-order valence-electron chi connectivity index (χ0n) is 17.9. The van der Waals surface area contributed by atoms with Gasteiger partial charge in [0.1, 0.15) is 0 Å². The number of amides is 1. The number of nitro groups is 1. The molecule has 0 spiro atoms. The van der Waals surface area contributed by atoms with E-state index in [1.807, 2.05) is 0 Å². The van der Waals surface area contributed by atoms with Gasteiger partial charge in [0.15, 0.2) is 5.69 Å². The summed E-state index contributed by atoms with van der Waals surface area (Å²) in [4.78, 5) is 25.5. The van der Waals surface area contributed by atoms with Crippen LogP contribution >= 0.6 is 0 Å². The van der Waals surface area contributed by atoms with E-state index in [0.717, 1.165) is 12.1 Å². The average Bonchev–Trinajstić information content (AvgIpc) is 3.17. The average molecular weight is 434 g/mol. The zero-order chi connectivity index (χ0) is 22.3. The van der Waals surface area contributed by atoms with Gasteiger partial charge in [-0.15, -0.1) is 0 Å². The Morgan fingerprint density at radius 2 is 1.72 bits per heavy atom. The minimum Gasteiger partial charge on any atom is -0.347 e. The molecule has 0 aliphatic carbocycles. The fourth-order valence-corrected chi connectivity index (χ4v) is 3.93. The van der Waals surface area contributed by atoms with E-state index in [4.69, 9.17) is 0 Å². The minimum atomic E-state index is -0.459. The van der Waals surface area contributed by atoms with E-state index in [9.17, 15) is 14.9 Å². The molecule has 1 amide bonds. The number of nitrogens with one attached hydrogen (secondary N) is 1. The molecule has 0 radical (unpaired) electrons. The van der Waals surface area contributed by atoms with Crippen LogP contribution in [0.5, 0.6) is 0 Å². The number of carbonyl (C=O) groups is 1. The fourth-order valence-electron chi connectivity index (χ4n) is 3.93. The van der Waals surface area contributed by atoms with E-state index in [2.05, 4.69) is 39.6 Å². The topological polar surface area (TPSA) is 93.3 Å². The summed E-state index contributed by atoms with van der Waals surface area (Å²) in [5, 5.41) is 18.1. The van der Waals surface area contributed by atoms with Crippen molar-refractivity contribution in [3.8, 4) is 5.69 Å². The van der Waals surface area contributed by atoms with E-state index >= 15 is 0 Å². The van der Waals surface area contributed by atoms with Gasteiger partial charge in [0, 0.05) is 31.4 Å². The van der Waals surface area contributed by atoms with Crippen LogP contribution in [-0.4, -0.2) is 38.6 Å². The highest BCUT2D eigenvalue weighted by molar-refractivity contribution is 5.92. The lowest BCUT2D eigenvalue weighted by Gasteiger charge is -2.19. The SMILES string of the molecule is O=C(NCc1ccc(CN2CCCCCC2)cc1)c1ccn(-c2cccc([N+](=O)[O-])c2)n1. The number of likely N-dealkylation sites (tertiary alicyclic amines) is 1. The smallest absolute Gasteiger partial charge is 0.272 e. The molecule has 4 rings (SSSR count). The molecule has 1 aromatic heterocycles. The molecular formula is C24H27N5O3. The Hall–Kier alpha value is -3.52. The third-order valence-corrected chi connectivity index (χ3v) is 5.71. The van der Waals surface area contributed by atoms with E-state index in [0.29, 0.717) is 12.2 Å². The molecule has 1 aliphatic rings. The third kappa shape index (κ3) is 5.59. The van der Waals surface area contributed by atoms with Gasteiger partial charge in [-0.05, 0) is 49.2 Å². The summed E-state index contributed by atoms with van der Waals surface area (Å²) in [6, 6.07) is 16.1. The number of nitrogens with zero attached hydrogens (tertiary/aromatic N) is 4. The highest BCUT2D eigenvalue weighted by Gasteiger charge is 2.13. The number of carbonyl (C=O) groups excluding carboxylic acids is 1. The van der Waals surface area contributed by atoms with Gasteiger partial charge in [0.25, 0.3) is 11.6 Å². The van der Waals surface area contributed by atoms with Gasteiger partial charge in [-0.1, -0.05) is 43.2 Å². The van der Waals surface area contributed by atoms with Crippen molar-refractivity contribution < 1.29 is 9.72 Å².